The molecule has 0 aliphatic carbocycles. The fraction of sp³-hybridized carbons (Fsp3) is 0. The van der Waals surface area contributed by atoms with Crippen molar-refractivity contribution in [3.05, 3.63) is 92.2 Å². The summed E-state index contributed by atoms with van der Waals surface area (Å²) in [4.78, 5) is 25.9. The molecule has 0 saturated heterocycles. The molecule has 3 aromatic rings. The summed E-state index contributed by atoms with van der Waals surface area (Å²) in [5.74, 6) is -0.845. The van der Waals surface area contributed by atoms with Crippen LogP contribution in [0.2, 0.25) is 0 Å². The molecular formula is C21H16BrN3O3S. The van der Waals surface area contributed by atoms with Gasteiger partial charge in [-0.25, -0.2) is 5.43 Å². The van der Waals surface area contributed by atoms with E-state index >= 15 is 0 Å². The summed E-state index contributed by atoms with van der Waals surface area (Å²) in [7, 11) is 0. The van der Waals surface area contributed by atoms with E-state index in [0.29, 0.717) is 15.6 Å². The molecule has 6 nitrogen and oxygen atoms in total. The minimum Gasteiger partial charge on any atom is -0.507 e. The summed E-state index contributed by atoms with van der Waals surface area (Å²) < 4.78 is 0.515. The number of hydrazone groups is 1. The fourth-order valence-corrected chi connectivity index (χ4v) is 3.34. The highest BCUT2D eigenvalue weighted by molar-refractivity contribution is 9.10. The molecule has 0 fully saturated rings. The zero-order valence-electron chi connectivity index (χ0n) is 15.0. The molecule has 2 amide bonds. The molecular weight excluding hydrogens is 454 g/mol. The molecule has 3 N–H and O–H groups in total. The molecule has 1 aromatic heterocycles. The van der Waals surface area contributed by atoms with Crippen LogP contribution in [-0.4, -0.2) is 23.1 Å². The maximum atomic E-state index is 12.6. The number of aromatic hydroxyl groups is 1. The van der Waals surface area contributed by atoms with E-state index in [2.05, 4.69) is 31.8 Å². The Balaban J connectivity index is 1.74. The van der Waals surface area contributed by atoms with Crippen LogP contribution in [0, 0.1) is 0 Å². The van der Waals surface area contributed by atoms with Crippen LogP contribution < -0.4 is 10.7 Å². The molecule has 3 rings (SSSR count). The van der Waals surface area contributed by atoms with Crippen molar-refractivity contribution in [1.82, 2.24) is 10.7 Å². The predicted molar refractivity (Wildman–Crippen MR) is 118 cm³/mol. The number of carbonyl (C=O) groups excluding carboxylic acids is 2. The van der Waals surface area contributed by atoms with E-state index in [4.69, 9.17) is 0 Å². The maximum absolute atomic E-state index is 12.6. The molecule has 0 radical (unpaired) electrons. The second-order valence-corrected chi connectivity index (χ2v) is 7.64. The van der Waals surface area contributed by atoms with E-state index in [1.807, 2.05) is 23.6 Å². The first-order valence-electron chi connectivity index (χ1n) is 8.46. The van der Waals surface area contributed by atoms with Gasteiger partial charge in [0, 0.05) is 10.4 Å². The molecule has 2 aromatic carbocycles. The molecule has 1 heterocycles. The SMILES string of the molecule is O=C(N/N=C/c1ccc(O)c(Br)c1)/C(=C/c1cccs1)NC(=O)c1ccccc1. The van der Waals surface area contributed by atoms with Crippen molar-refractivity contribution in [3.8, 4) is 5.75 Å². The molecule has 146 valence electrons. The number of hydrogen-bond acceptors (Lipinski definition) is 5. The number of phenolic OH excluding ortho intramolecular Hbond substituents is 1. The van der Waals surface area contributed by atoms with Gasteiger partial charge in [0.05, 0.1) is 10.7 Å². The minimum absolute atomic E-state index is 0.0744. The van der Waals surface area contributed by atoms with Crippen molar-refractivity contribution >= 4 is 51.4 Å². The van der Waals surface area contributed by atoms with Crippen LogP contribution >= 0.6 is 27.3 Å². The number of nitrogens with one attached hydrogen (secondary N) is 2. The van der Waals surface area contributed by atoms with Crippen molar-refractivity contribution in [2.75, 3.05) is 0 Å². The van der Waals surface area contributed by atoms with Crippen molar-refractivity contribution in [2.45, 2.75) is 0 Å². The number of phenols is 1. The number of thiophene rings is 1. The lowest BCUT2D eigenvalue weighted by molar-refractivity contribution is -0.117. The van der Waals surface area contributed by atoms with E-state index < -0.39 is 11.8 Å². The summed E-state index contributed by atoms with van der Waals surface area (Å²) in [6.45, 7) is 0. The Morgan fingerprint density at radius 3 is 2.55 bits per heavy atom. The van der Waals surface area contributed by atoms with Crippen molar-refractivity contribution in [2.24, 2.45) is 5.10 Å². The first-order valence-corrected chi connectivity index (χ1v) is 10.1. The largest absolute Gasteiger partial charge is 0.507 e. The first-order chi connectivity index (χ1) is 14.0. The number of nitrogens with zero attached hydrogens (tertiary/aromatic N) is 1. The maximum Gasteiger partial charge on any atom is 0.287 e. The summed E-state index contributed by atoms with van der Waals surface area (Å²) in [5, 5.41) is 18.0. The quantitative estimate of drug-likeness (QED) is 0.287. The van der Waals surface area contributed by atoms with E-state index in [-0.39, 0.29) is 11.4 Å². The molecule has 0 unspecified atom stereocenters. The Kier molecular flexibility index (Phi) is 6.94. The first kappa shape index (κ1) is 20.5. The Morgan fingerprint density at radius 2 is 1.86 bits per heavy atom. The van der Waals surface area contributed by atoms with Gasteiger partial charge >= 0.3 is 0 Å². The second-order valence-electron chi connectivity index (χ2n) is 5.80. The summed E-state index contributed by atoms with van der Waals surface area (Å²) >= 11 is 4.66. The van der Waals surface area contributed by atoms with Crippen molar-refractivity contribution in [1.29, 1.82) is 0 Å². The lowest BCUT2D eigenvalue weighted by Gasteiger charge is -2.08. The third-order valence-electron chi connectivity index (χ3n) is 3.71. The van der Waals surface area contributed by atoms with Crippen LogP contribution in [0.1, 0.15) is 20.8 Å². The zero-order valence-corrected chi connectivity index (χ0v) is 17.4. The molecule has 0 bridgehead atoms. The summed E-state index contributed by atoms with van der Waals surface area (Å²) in [6.07, 6.45) is 3.03. The molecule has 0 atom stereocenters. The fourth-order valence-electron chi connectivity index (χ4n) is 2.29. The Bertz CT molecular complexity index is 1060. The smallest absolute Gasteiger partial charge is 0.287 e. The highest BCUT2D eigenvalue weighted by Crippen LogP contribution is 2.23. The topological polar surface area (TPSA) is 90.8 Å². The number of benzene rings is 2. The monoisotopic (exact) mass is 469 g/mol. The highest BCUT2D eigenvalue weighted by Gasteiger charge is 2.14. The molecule has 0 aliphatic rings. The van der Waals surface area contributed by atoms with Gasteiger partial charge in [-0.05, 0) is 69.3 Å². The van der Waals surface area contributed by atoms with Gasteiger partial charge in [0.1, 0.15) is 11.4 Å². The van der Waals surface area contributed by atoms with Crippen molar-refractivity contribution in [3.63, 3.8) is 0 Å². The van der Waals surface area contributed by atoms with Crippen LogP contribution in [0.4, 0.5) is 0 Å². The molecule has 0 aliphatic heterocycles. The normalized spacial score (nSPS) is 11.4. The summed E-state index contributed by atoms with van der Waals surface area (Å²) in [5.41, 5.74) is 3.60. The number of halogens is 1. The van der Waals surface area contributed by atoms with Crippen LogP contribution in [0.25, 0.3) is 6.08 Å². The molecule has 29 heavy (non-hydrogen) atoms. The van der Waals surface area contributed by atoms with E-state index in [0.717, 1.165) is 4.88 Å². The number of amides is 2. The second kappa shape index (κ2) is 9.81. The van der Waals surface area contributed by atoms with Gasteiger partial charge in [-0.1, -0.05) is 24.3 Å². The van der Waals surface area contributed by atoms with Gasteiger partial charge in [0.2, 0.25) is 0 Å². The van der Waals surface area contributed by atoms with Crippen molar-refractivity contribution < 1.29 is 14.7 Å². The van der Waals surface area contributed by atoms with Gasteiger partial charge in [0.25, 0.3) is 11.8 Å². The molecule has 8 heteroatoms. The minimum atomic E-state index is -0.559. The average molecular weight is 470 g/mol. The van der Waals surface area contributed by atoms with E-state index in [1.165, 1.54) is 23.6 Å². The predicted octanol–water partition coefficient (Wildman–Crippen LogP) is 4.14. The Labute approximate surface area is 179 Å². The van der Waals surface area contributed by atoms with E-state index in [9.17, 15) is 14.7 Å². The van der Waals surface area contributed by atoms with Crippen LogP contribution in [-0.2, 0) is 4.79 Å². The average Bonchev–Trinajstić information content (AvgIpc) is 3.24. The third-order valence-corrected chi connectivity index (χ3v) is 5.16. The van der Waals surface area contributed by atoms with Gasteiger partial charge in [-0.3, -0.25) is 9.59 Å². The Hall–Kier alpha value is -3.23. The number of carbonyl (C=O) groups is 2. The number of hydrogen-bond donors (Lipinski definition) is 3. The van der Waals surface area contributed by atoms with Gasteiger partial charge in [-0.2, -0.15) is 5.10 Å². The Morgan fingerprint density at radius 1 is 1.07 bits per heavy atom. The van der Waals surface area contributed by atoms with Crippen LogP contribution in [0.15, 0.2) is 81.3 Å². The standard InChI is InChI=1S/C21H16BrN3O3S/c22-17-11-14(8-9-19(17)26)13-23-25-21(28)18(12-16-7-4-10-29-16)24-20(27)15-5-2-1-3-6-15/h1-13,26H,(H,24,27)(H,25,28)/b18-12-,23-13+. The van der Waals surface area contributed by atoms with Crippen LogP contribution in [0.3, 0.4) is 0 Å². The zero-order chi connectivity index (χ0) is 20.6. The summed E-state index contributed by atoms with van der Waals surface area (Å²) in [6, 6.07) is 17.1. The molecule has 0 saturated carbocycles. The molecule has 0 spiro atoms. The highest BCUT2D eigenvalue weighted by atomic mass is 79.9. The van der Waals surface area contributed by atoms with E-state index in [1.54, 1.807) is 42.5 Å². The number of rotatable bonds is 6. The van der Waals surface area contributed by atoms with Gasteiger partial charge < -0.3 is 10.4 Å². The third kappa shape index (κ3) is 5.87. The van der Waals surface area contributed by atoms with Gasteiger partial charge in [0.15, 0.2) is 0 Å². The lowest BCUT2D eigenvalue weighted by Crippen LogP contribution is -2.32. The lowest BCUT2D eigenvalue weighted by atomic mass is 10.2. The van der Waals surface area contributed by atoms with Crippen LogP contribution in [0.5, 0.6) is 5.75 Å². The van der Waals surface area contributed by atoms with Gasteiger partial charge in [-0.15, -0.1) is 11.3 Å².